The molecule has 0 radical (unpaired) electrons. The molecule has 0 fully saturated rings. The molecule has 1 aromatic heterocycles. The highest BCUT2D eigenvalue weighted by Crippen LogP contribution is 2.33. The van der Waals surface area contributed by atoms with E-state index >= 15 is 0 Å². The van der Waals surface area contributed by atoms with Gasteiger partial charge in [-0.05, 0) is 104 Å². The number of hydrogen-bond acceptors (Lipinski definition) is 8. The van der Waals surface area contributed by atoms with Crippen molar-refractivity contribution in [2.45, 2.75) is 155 Å². The third kappa shape index (κ3) is 13.2. The van der Waals surface area contributed by atoms with Gasteiger partial charge in [-0.2, -0.15) is 15.0 Å². The predicted octanol–water partition coefficient (Wildman–Crippen LogP) is 11.6. The number of rotatable bonds is 24. The molecule has 0 saturated heterocycles. The second kappa shape index (κ2) is 21.8. The fourth-order valence-corrected chi connectivity index (χ4v) is 6.57. The number of aromatic nitrogens is 3. The molecule has 2 aromatic carbocycles. The molecule has 0 aliphatic rings. The quantitative estimate of drug-likeness (QED) is 0.0426. The van der Waals surface area contributed by atoms with Crippen molar-refractivity contribution in [3.8, 4) is 11.5 Å². The third-order valence-electron chi connectivity index (χ3n) is 8.59. The van der Waals surface area contributed by atoms with Gasteiger partial charge in [-0.1, -0.05) is 104 Å². The molecule has 7 nitrogen and oxygen atoms in total. The summed E-state index contributed by atoms with van der Waals surface area (Å²) in [5, 5.41) is 29.7. The molecule has 3 rings (SSSR count). The molecule has 0 amide bonds. The van der Waals surface area contributed by atoms with Gasteiger partial charge in [-0.25, -0.2) is 0 Å². The maximum atomic E-state index is 11.0. The molecule has 8 heteroatoms. The van der Waals surface area contributed by atoms with Gasteiger partial charge in [0.2, 0.25) is 11.9 Å². The molecule has 0 atom stereocenters. The number of aromatic hydroxyl groups is 2. The molecule has 0 aliphatic heterocycles. The minimum atomic E-state index is 0.427. The van der Waals surface area contributed by atoms with Gasteiger partial charge in [-0.15, -0.1) is 0 Å². The van der Waals surface area contributed by atoms with Gasteiger partial charge >= 0.3 is 0 Å². The van der Waals surface area contributed by atoms with Gasteiger partial charge < -0.3 is 20.8 Å². The Morgan fingerprint density at radius 3 is 1.23 bits per heavy atom. The van der Waals surface area contributed by atoms with Crippen molar-refractivity contribution < 1.29 is 10.2 Å². The first-order chi connectivity index (χ1) is 22.9. The van der Waals surface area contributed by atoms with Crippen LogP contribution in [0.3, 0.4) is 0 Å². The standard InChI is InChI=1S/C39H61N5O2S/c1-6-11-16-17-18-19-24-47-39-43-37(40-33-25-29(20-12-7-2)35(45)30(26-33)21-13-8-3)42-38(44-39)41-34-27-31(22-14-9-4)36(46)32(28-34)23-15-10-5/h25-28,45-46H,6-24H2,1-5H3,(H2,40,41,42,43,44). The van der Waals surface area contributed by atoms with Crippen LogP contribution >= 0.6 is 11.8 Å². The van der Waals surface area contributed by atoms with Crippen molar-refractivity contribution in [1.82, 2.24) is 15.0 Å². The van der Waals surface area contributed by atoms with Crippen LogP contribution in [-0.2, 0) is 25.7 Å². The predicted molar refractivity (Wildman–Crippen MR) is 201 cm³/mol. The number of hydrogen-bond donors (Lipinski definition) is 4. The summed E-state index contributed by atoms with van der Waals surface area (Å²) in [5.41, 5.74) is 5.65. The van der Waals surface area contributed by atoms with Gasteiger partial charge in [0.05, 0.1) is 0 Å². The Morgan fingerprint density at radius 2 is 0.851 bits per heavy atom. The zero-order chi connectivity index (χ0) is 33.9. The number of thioether (sulfide) groups is 1. The second-order valence-corrected chi connectivity index (χ2v) is 13.9. The maximum absolute atomic E-state index is 11.0. The summed E-state index contributed by atoms with van der Waals surface area (Å²) in [6, 6.07) is 8.17. The lowest BCUT2D eigenvalue weighted by Crippen LogP contribution is -2.07. The first-order valence-electron chi connectivity index (χ1n) is 18.5. The Morgan fingerprint density at radius 1 is 0.489 bits per heavy atom. The van der Waals surface area contributed by atoms with Crippen LogP contribution < -0.4 is 10.6 Å². The number of nitrogens with zero attached hydrogens (tertiary/aromatic N) is 3. The molecule has 0 bridgehead atoms. The third-order valence-corrected chi connectivity index (χ3v) is 9.52. The second-order valence-electron chi connectivity index (χ2n) is 12.8. The van der Waals surface area contributed by atoms with E-state index in [9.17, 15) is 10.2 Å². The van der Waals surface area contributed by atoms with E-state index in [0.717, 1.165) is 123 Å². The molecule has 3 aromatic rings. The van der Waals surface area contributed by atoms with Crippen LogP contribution in [-0.4, -0.2) is 30.9 Å². The van der Waals surface area contributed by atoms with Crippen molar-refractivity contribution in [2.75, 3.05) is 16.4 Å². The number of aryl methyl sites for hydroxylation is 4. The highest BCUT2D eigenvalue weighted by atomic mass is 32.2. The van der Waals surface area contributed by atoms with E-state index in [2.05, 4.69) is 45.3 Å². The van der Waals surface area contributed by atoms with E-state index in [1.165, 1.54) is 32.1 Å². The Hall–Kier alpha value is -3.00. The number of benzene rings is 2. The molecule has 0 spiro atoms. The summed E-state index contributed by atoms with van der Waals surface area (Å²) < 4.78 is 0. The lowest BCUT2D eigenvalue weighted by molar-refractivity contribution is 0.458. The summed E-state index contributed by atoms with van der Waals surface area (Å²) >= 11 is 1.67. The molecular weight excluding hydrogens is 603 g/mol. The highest BCUT2D eigenvalue weighted by molar-refractivity contribution is 7.99. The minimum absolute atomic E-state index is 0.427. The van der Waals surface area contributed by atoms with E-state index in [1.807, 2.05) is 24.3 Å². The zero-order valence-electron chi connectivity index (χ0n) is 29.9. The van der Waals surface area contributed by atoms with Gasteiger partial charge in [0.1, 0.15) is 11.5 Å². The number of unbranched alkanes of at least 4 members (excludes halogenated alkanes) is 9. The van der Waals surface area contributed by atoms with E-state index in [-0.39, 0.29) is 0 Å². The topological polar surface area (TPSA) is 103 Å². The number of phenolic OH excluding ortho intramolecular Hbond substituents is 2. The molecule has 47 heavy (non-hydrogen) atoms. The van der Waals surface area contributed by atoms with Crippen LogP contribution in [0.1, 0.15) is 147 Å². The van der Waals surface area contributed by atoms with Gasteiger partial charge in [0.15, 0.2) is 5.16 Å². The molecule has 1 heterocycles. The molecule has 0 saturated carbocycles. The van der Waals surface area contributed by atoms with E-state index < -0.39 is 0 Å². The molecule has 0 unspecified atom stereocenters. The van der Waals surface area contributed by atoms with Crippen molar-refractivity contribution in [3.63, 3.8) is 0 Å². The summed E-state index contributed by atoms with van der Waals surface area (Å²) in [6.07, 6.45) is 19.2. The average Bonchev–Trinajstić information content (AvgIpc) is 3.06. The van der Waals surface area contributed by atoms with Crippen LogP contribution in [0.25, 0.3) is 0 Å². The fraction of sp³-hybridized carbons (Fsp3) is 0.615. The summed E-state index contributed by atoms with van der Waals surface area (Å²) in [6.45, 7) is 11.0. The summed E-state index contributed by atoms with van der Waals surface area (Å²) in [7, 11) is 0. The number of anilines is 4. The SMILES string of the molecule is CCCCCCCCSc1nc(Nc2cc(CCCC)c(O)c(CCCC)c2)nc(Nc2cc(CCCC)c(O)c(CCCC)c2)n1. The number of nitrogens with one attached hydrogen (secondary N) is 2. The fourth-order valence-electron chi connectivity index (χ4n) is 5.73. The van der Waals surface area contributed by atoms with Gasteiger partial charge in [0.25, 0.3) is 0 Å². The van der Waals surface area contributed by atoms with Crippen molar-refractivity contribution in [2.24, 2.45) is 0 Å². The van der Waals surface area contributed by atoms with Crippen LogP contribution in [0, 0.1) is 0 Å². The first-order valence-corrected chi connectivity index (χ1v) is 19.5. The summed E-state index contributed by atoms with van der Waals surface area (Å²) in [4.78, 5) is 14.5. The maximum Gasteiger partial charge on any atom is 0.233 e. The number of phenols is 2. The van der Waals surface area contributed by atoms with E-state index in [1.54, 1.807) is 11.8 Å². The smallest absolute Gasteiger partial charge is 0.233 e. The monoisotopic (exact) mass is 663 g/mol. The van der Waals surface area contributed by atoms with Crippen molar-refractivity contribution in [1.29, 1.82) is 0 Å². The summed E-state index contributed by atoms with van der Waals surface area (Å²) in [5.74, 6) is 2.78. The Balaban J connectivity index is 1.94. The van der Waals surface area contributed by atoms with E-state index in [0.29, 0.717) is 28.6 Å². The molecule has 0 aliphatic carbocycles. The Labute approximate surface area is 289 Å². The largest absolute Gasteiger partial charge is 0.507 e. The Bertz CT molecular complexity index is 1200. The Kier molecular flexibility index (Phi) is 17.8. The van der Waals surface area contributed by atoms with E-state index in [4.69, 9.17) is 15.0 Å². The normalized spacial score (nSPS) is 11.3. The minimum Gasteiger partial charge on any atom is -0.507 e. The molecule has 4 N–H and O–H groups in total. The van der Waals surface area contributed by atoms with Gasteiger partial charge in [-0.3, -0.25) is 0 Å². The van der Waals surface area contributed by atoms with Crippen LogP contribution in [0.15, 0.2) is 29.4 Å². The molecular formula is C39H61N5O2S. The zero-order valence-corrected chi connectivity index (χ0v) is 30.7. The van der Waals surface area contributed by atoms with Crippen LogP contribution in [0.2, 0.25) is 0 Å². The highest BCUT2D eigenvalue weighted by Gasteiger charge is 2.15. The average molecular weight is 664 g/mol. The van der Waals surface area contributed by atoms with Crippen LogP contribution in [0.5, 0.6) is 11.5 Å². The lowest BCUT2D eigenvalue weighted by Gasteiger charge is -2.16. The van der Waals surface area contributed by atoms with Crippen molar-refractivity contribution >= 4 is 35.0 Å². The van der Waals surface area contributed by atoms with Crippen LogP contribution in [0.4, 0.5) is 23.3 Å². The molecule has 260 valence electrons. The van der Waals surface area contributed by atoms with Crippen molar-refractivity contribution in [3.05, 3.63) is 46.5 Å². The van der Waals surface area contributed by atoms with Gasteiger partial charge in [0, 0.05) is 17.1 Å². The lowest BCUT2D eigenvalue weighted by atomic mass is 9.99. The first kappa shape index (κ1) is 38.4.